The molecule has 4 rings (SSSR count). The Labute approximate surface area is 102 Å². The Hall–Kier alpha value is -2.62. The number of benzene rings is 2. The van der Waals surface area contributed by atoms with Crippen molar-refractivity contribution in [3.63, 3.8) is 0 Å². The SMILES string of the molecule is Nc1ccc2ncn3c4ccccc4c(=O)c1c23. The van der Waals surface area contributed by atoms with Gasteiger partial charge in [0.2, 0.25) is 0 Å². The fourth-order valence-electron chi connectivity index (χ4n) is 2.55. The molecule has 2 aromatic heterocycles. The molecule has 86 valence electrons. The van der Waals surface area contributed by atoms with Crippen LogP contribution in [-0.2, 0) is 0 Å². The van der Waals surface area contributed by atoms with Gasteiger partial charge in [-0.25, -0.2) is 4.98 Å². The predicted octanol–water partition coefficient (Wildman–Crippen LogP) is 2.02. The van der Waals surface area contributed by atoms with E-state index in [0.717, 1.165) is 16.6 Å². The van der Waals surface area contributed by atoms with Gasteiger partial charge in [0.25, 0.3) is 0 Å². The summed E-state index contributed by atoms with van der Waals surface area (Å²) in [6.07, 6.45) is 1.74. The van der Waals surface area contributed by atoms with Crippen LogP contribution in [0.15, 0.2) is 47.5 Å². The first-order valence-corrected chi connectivity index (χ1v) is 5.67. The minimum absolute atomic E-state index is 0.0262. The normalized spacial score (nSPS) is 11.8. The smallest absolute Gasteiger partial charge is 0.199 e. The van der Waals surface area contributed by atoms with Crippen LogP contribution in [0.3, 0.4) is 0 Å². The quantitative estimate of drug-likeness (QED) is 0.374. The molecule has 0 fully saturated rings. The highest BCUT2D eigenvalue weighted by atomic mass is 16.1. The highest BCUT2D eigenvalue weighted by Gasteiger charge is 2.14. The van der Waals surface area contributed by atoms with Crippen molar-refractivity contribution in [1.82, 2.24) is 9.38 Å². The molecule has 0 amide bonds. The number of nitrogens with two attached hydrogens (primary N) is 1. The molecular weight excluding hydrogens is 226 g/mol. The number of para-hydroxylation sites is 1. The number of nitrogen functional groups attached to an aromatic ring is 1. The summed E-state index contributed by atoms with van der Waals surface area (Å²) in [6, 6.07) is 11.1. The van der Waals surface area contributed by atoms with Gasteiger partial charge in [-0.1, -0.05) is 12.1 Å². The summed E-state index contributed by atoms with van der Waals surface area (Å²) in [5, 5.41) is 1.23. The van der Waals surface area contributed by atoms with Crippen LogP contribution in [0.2, 0.25) is 0 Å². The maximum Gasteiger partial charge on any atom is 0.199 e. The van der Waals surface area contributed by atoms with E-state index in [1.54, 1.807) is 12.4 Å². The first kappa shape index (κ1) is 9.41. The maximum atomic E-state index is 12.5. The van der Waals surface area contributed by atoms with Crippen molar-refractivity contribution in [1.29, 1.82) is 0 Å². The molecule has 0 aliphatic rings. The topological polar surface area (TPSA) is 60.4 Å². The van der Waals surface area contributed by atoms with Crippen LogP contribution in [0.1, 0.15) is 0 Å². The molecule has 0 unspecified atom stereocenters. The third-order valence-corrected chi connectivity index (χ3v) is 3.38. The number of hydrogen-bond acceptors (Lipinski definition) is 3. The molecule has 2 aromatic carbocycles. The first-order valence-electron chi connectivity index (χ1n) is 5.67. The zero-order valence-corrected chi connectivity index (χ0v) is 9.42. The van der Waals surface area contributed by atoms with Crippen LogP contribution in [0.4, 0.5) is 5.69 Å². The van der Waals surface area contributed by atoms with Gasteiger partial charge in [-0.15, -0.1) is 0 Å². The van der Waals surface area contributed by atoms with E-state index >= 15 is 0 Å². The van der Waals surface area contributed by atoms with Gasteiger partial charge in [-0.2, -0.15) is 0 Å². The molecule has 2 N–H and O–H groups in total. The number of aromatic nitrogens is 2. The molecule has 0 spiro atoms. The Morgan fingerprint density at radius 3 is 2.83 bits per heavy atom. The highest BCUT2D eigenvalue weighted by Crippen LogP contribution is 2.26. The van der Waals surface area contributed by atoms with Crippen LogP contribution in [0.25, 0.3) is 27.3 Å². The van der Waals surface area contributed by atoms with E-state index in [9.17, 15) is 4.79 Å². The molecule has 18 heavy (non-hydrogen) atoms. The van der Waals surface area contributed by atoms with E-state index in [1.807, 2.05) is 34.7 Å². The van der Waals surface area contributed by atoms with Gasteiger partial charge < -0.3 is 5.73 Å². The lowest BCUT2D eigenvalue weighted by molar-refractivity contribution is 1.22. The Balaban J connectivity index is 2.53. The molecule has 0 aliphatic heterocycles. The van der Waals surface area contributed by atoms with Crippen molar-refractivity contribution in [2.24, 2.45) is 0 Å². The van der Waals surface area contributed by atoms with Crippen molar-refractivity contribution in [2.75, 3.05) is 5.73 Å². The van der Waals surface area contributed by atoms with Crippen molar-refractivity contribution < 1.29 is 0 Å². The van der Waals surface area contributed by atoms with Crippen molar-refractivity contribution >= 4 is 33.0 Å². The van der Waals surface area contributed by atoms with Gasteiger partial charge in [0.15, 0.2) is 5.43 Å². The lowest BCUT2D eigenvalue weighted by atomic mass is 10.1. The molecule has 4 heteroatoms. The third-order valence-electron chi connectivity index (χ3n) is 3.38. The van der Waals surface area contributed by atoms with Crippen molar-refractivity contribution in [2.45, 2.75) is 0 Å². The summed E-state index contributed by atoms with van der Waals surface area (Å²) < 4.78 is 1.93. The molecule has 4 nitrogen and oxygen atoms in total. The van der Waals surface area contributed by atoms with E-state index < -0.39 is 0 Å². The molecule has 0 radical (unpaired) electrons. The lowest BCUT2D eigenvalue weighted by Gasteiger charge is -2.06. The first-order chi connectivity index (χ1) is 8.77. The summed E-state index contributed by atoms with van der Waals surface area (Å²) in [5.41, 5.74) is 8.88. The van der Waals surface area contributed by atoms with Crippen molar-refractivity contribution in [3.8, 4) is 0 Å². The fourth-order valence-corrected chi connectivity index (χ4v) is 2.55. The second kappa shape index (κ2) is 2.98. The summed E-state index contributed by atoms with van der Waals surface area (Å²) in [4.78, 5) is 16.8. The molecular formula is C14H9N3O. The van der Waals surface area contributed by atoms with Crippen LogP contribution in [0, 0.1) is 0 Å². The number of anilines is 1. The molecule has 0 saturated carbocycles. The van der Waals surface area contributed by atoms with Gasteiger partial charge in [0, 0.05) is 11.1 Å². The molecule has 4 aromatic rings. The van der Waals surface area contributed by atoms with Crippen molar-refractivity contribution in [3.05, 3.63) is 52.9 Å². The summed E-state index contributed by atoms with van der Waals surface area (Å²) in [6.45, 7) is 0. The maximum absolute atomic E-state index is 12.5. The second-order valence-corrected chi connectivity index (χ2v) is 4.36. The standard InChI is InChI=1S/C14H9N3O/c15-9-5-6-10-13-12(9)14(18)8-3-1-2-4-11(8)17(13)7-16-10/h1-7H,15H2. The van der Waals surface area contributed by atoms with Crippen LogP contribution < -0.4 is 11.2 Å². The second-order valence-electron chi connectivity index (χ2n) is 4.36. The van der Waals surface area contributed by atoms with Crippen LogP contribution in [0.5, 0.6) is 0 Å². The number of hydrogen-bond donors (Lipinski definition) is 1. The average molecular weight is 235 g/mol. The van der Waals surface area contributed by atoms with E-state index in [1.165, 1.54) is 0 Å². The van der Waals surface area contributed by atoms with E-state index in [2.05, 4.69) is 4.98 Å². The monoisotopic (exact) mass is 235 g/mol. The predicted molar refractivity (Wildman–Crippen MR) is 72.1 cm³/mol. The molecule has 0 saturated heterocycles. The van der Waals surface area contributed by atoms with Gasteiger partial charge >= 0.3 is 0 Å². The van der Waals surface area contributed by atoms with Gasteiger partial charge in [-0.3, -0.25) is 9.20 Å². The Morgan fingerprint density at radius 2 is 1.94 bits per heavy atom. The van der Waals surface area contributed by atoms with Crippen LogP contribution in [-0.4, -0.2) is 9.38 Å². The zero-order chi connectivity index (χ0) is 12.3. The fraction of sp³-hybridized carbons (Fsp3) is 0. The zero-order valence-electron chi connectivity index (χ0n) is 9.42. The van der Waals surface area contributed by atoms with Gasteiger partial charge in [0.1, 0.15) is 6.33 Å². The number of rotatable bonds is 0. The van der Waals surface area contributed by atoms with Gasteiger partial charge in [-0.05, 0) is 24.3 Å². The number of fused-ring (bicyclic) bond motifs is 2. The van der Waals surface area contributed by atoms with Crippen LogP contribution >= 0.6 is 0 Å². The summed E-state index contributed by atoms with van der Waals surface area (Å²) in [5.74, 6) is 0. The molecule has 0 aliphatic carbocycles. The average Bonchev–Trinajstić information content (AvgIpc) is 2.82. The molecule has 2 heterocycles. The minimum atomic E-state index is -0.0262. The van der Waals surface area contributed by atoms with E-state index in [-0.39, 0.29) is 5.43 Å². The third kappa shape index (κ3) is 0.953. The number of nitrogens with zero attached hydrogens (tertiary/aromatic N) is 2. The Bertz CT molecular complexity index is 956. The van der Waals surface area contributed by atoms with E-state index in [4.69, 9.17) is 5.73 Å². The highest BCUT2D eigenvalue weighted by molar-refractivity contribution is 6.06. The minimum Gasteiger partial charge on any atom is -0.398 e. The molecule has 0 bridgehead atoms. The number of imidazole rings is 1. The lowest BCUT2D eigenvalue weighted by Crippen LogP contribution is -2.08. The van der Waals surface area contributed by atoms with Gasteiger partial charge in [0.05, 0.1) is 21.9 Å². The summed E-state index contributed by atoms with van der Waals surface area (Å²) >= 11 is 0. The largest absolute Gasteiger partial charge is 0.398 e. The Kier molecular flexibility index (Phi) is 1.56. The summed E-state index contributed by atoms with van der Waals surface area (Å²) in [7, 11) is 0. The van der Waals surface area contributed by atoms with E-state index in [0.29, 0.717) is 16.5 Å². The molecule has 0 atom stereocenters. The number of pyridine rings is 1. The Morgan fingerprint density at radius 1 is 1.11 bits per heavy atom.